The van der Waals surface area contributed by atoms with E-state index in [0.29, 0.717) is 34.9 Å². The first-order valence-electron chi connectivity index (χ1n) is 18.8. The fourth-order valence-corrected chi connectivity index (χ4v) is 11.0. The largest absolute Gasteiger partial charge is 0.208 e. The first-order valence-corrected chi connectivity index (χ1v) is 18.8. The van der Waals surface area contributed by atoms with Crippen LogP contribution < -0.4 is 0 Å². The van der Waals surface area contributed by atoms with Gasteiger partial charge in [-0.1, -0.05) is 103 Å². The summed E-state index contributed by atoms with van der Waals surface area (Å²) in [6.07, 6.45) is 6.79. The van der Waals surface area contributed by atoms with Gasteiger partial charge in [-0.05, 0) is 130 Å². The second-order valence-electron chi connectivity index (χ2n) is 15.6. The lowest BCUT2D eigenvalue weighted by Crippen LogP contribution is -2.55. The van der Waals surface area contributed by atoms with E-state index in [1.165, 1.54) is 65.1 Å². The number of benzene rings is 6. The Hall–Kier alpha value is -5.92. The molecule has 5 aliphatic rings. The Balaban J connectivity index is 1.14. The molecule has 4 heteroatoms. The van der Waals surface area contributed by atoms with Crippen molar-refractivity contribution >= 4 is 10.8 Å². The predicted octanol–water partition coefficient (Wildman–Crippen LogP) is 11.3. The van der Waals surface area contributed by atoms with Gasteiger partial charge in [0.2, 0.25) is 0 Å². The Morgan fingerprint density at radius 2 is 1.10 bits per heavy atom. The molecule has 0 amide bonds. The lowest BCUT2D eigenvalue weighted by molar-refractivity contribution is -0.0398. The molecule has 4 nitrogen and oxygen atoms in total. The second kappa shape index (κ2) is 11.3. The number of fused-ring (bicyclic) bond motifs is 4. The second-order valence-corrected chi connectivity index (χ2v) is 15.6. The Kier molecular flexibility index (Phi) is 6.47. The molecule has 52 heavy (non-hydrogen) atoms. The summed E-state index contributed by atoms with van der Waals surface area (Å²) in [6, 6.07) is 49.5. The van der Waals surface area contributed by atoms with Gasteiger partial charge in [0.05, 0.1) is 11.6 Å². The van der Waals surface area contributed by atoms with Crippen molar-refractivity contribution in [1.82, 2.24) is 15.0 Å². The van der Waals surface area contributed by atoms with Gasteiger partial charge in [-0.15, -0.1) is 0 Å². The minimum atomic E-state index is 0.0334. The fourth-order valence-electron chi connectivity index (χ4n) is 11.0. The van der Waals surface area contributed by atoms with E-state index in [2.05, 4.69) is 97.1 Å². The Bertz CT molecular complexity index is 2570. The molecule has 4 saturated carbocycles. The molecular formula is C48H36N4. The van der Waals surface area contributed by atoms with Crippen LogP contribution in [0.5, 0.6) is 0 Å². The van der Waals surface area contributed by atoms with Crippen LogP contribution in [0.15, 0.2) is 133 Å². The van der Waals surface area contributed by atoms with E-state index in [1.807, 2.05) is 42.5 Å². The molecule has 0 unspecified atom stereocenters. The molecule has 12 rings (SSSR count). The summed E-state index contributed by atoms with van der Waals surface area (Å²) in [4.78, 5) is 15.7. The van der Waals surface area contributed by atoms with Crippen molar-refractivity contribution in [2.45, 2.75) is 37.5 Å². The summed E-state index contributed by atoms with van der Waals surface area (Å²) in [5.41, 5.74) is 11.5. The van der Waals surface area contributed by atoms with Crippen LogP contribution in [0.2, 0.25) is 0 Å². The lowest BCUT2D eigenvalue weighted by Gasteiger charge is -2.61. The van der Waals surface area contributed by atoms with Crippen molar-refractivity contribution in [3.63, 3.8) is 0 Å². The topological polar surface area (TPSA) is 62.5 Å². The normalized spacial score (nSPS) is 23.4. The Labute approximate surface area is 303 Å². The van der Waals surface area contributed by atoms with Crippen molar-refractivity contribution in [3.05, 3.63) is 150 Å². The third-order valence-corrected chi connectivity index (χ3v) is 12.9. The maximum absolute atomic E-state index is 9.34. The SMILES string of the molecule is N#Cc1ccc(-c2cccc(-c3nc(-c4ccccc4)nc(-c4cccc5c4-c4cc6ccccc6cc4C54C5CC6CC(C5)CC4C6)n3)c2)cc1. The maximum Gasteiger partial charge on any atom is 0.164 e. The number of nitriles is 1. The van der Waals surface area contributed by atoms with Gasteiger partial charge in [0.15, 0.2) is 17.5 Å². The standard InChI is InChI=1S/C48H36N4/c49-28-29-16-18-32(19-17-29)34-12-6-13-37(25-34)46-50-45(33-8-2-1-3-9-33)51-47(52-46)40-14-7-15-42-44(40)41-26-35-10-4-5-11-36(35)27-43(41)48(42)38-21-30-20-31(23-38)24-39(48)22-30/h1-19,25-27,30-31,38-39H,20-24H2. The van der Waals surface area contributed by atoms with Gasteiger partial charge < -0.3 is 0 Å². The molecule has 0 N–H and O–H groups in total. The number of nitrogens with zero attached hydrogens (tertiary/aromatic N) is 4. The van der Waals surface area contributed by atoms with Gasteiger partial charge in [-0.2, -0.15) is 5.26 Å². The summed E-state index contributed by atoms with van der Waals surface area (Å²) in [6.45, 7) is 0. The molecule has 248 valence electrons. The molecule has 0 aliphatic heterocycles. The highest BCUT2D eigenvalue weighted by Gasteiger charge is 2.61. The number of aromatic nitrogens is 3. The highest BCUT2D eigenvalue weighted by atomic mass is 15.0. The third kappa shape index (κ3) is 4.35. The lowest BCUT2D eigenvalue weighted by atomic mass is 9.43. The average molecular weight is 669 g/mol. The minimum Gasteiger partial charge on any atom is -0.208 e. The van der Waals surface area contributed by atoms with E-state index < -0.39 is 0 Å². The van der Waals surface area contributed by atoms with E-state index in [1.54, 1.807) is 0 Å². The van der Waals surface area contributed by atoms with Crippen LogP contribution in [0.3, 0.4) is 0 Å². The summed E-state index contributed by atoms with van der Waals surface area (Å²) in [5, 5.41) is 12.0. The van der Waals surface area contributed by atoms with Crippen LogP contribution >= 0.6 is 0 Å². The molecule has 0 atom stereocenters. The first kappa shape index (κ1) is 29.8. The van der Waals surface area contributed by atoms with Crippen LogP contribution in [-0.4, -0.2) is 15.0 Å². The molecule has 5 aliphatic carbocycles. The van der Waals surface area contributed by atoms with E-state index in [0.717, 1.165) is 39.7 Å². The van der Waals surface area contributed by atoms with E-state index in [-0.39, 0.29) is 5.41 Å². The van der Waals surface area contributed by atoms with Gasteiger partial charge in [0.25, 0.3) is 0 Å². The van der Waals surface area contributed by atoms with Crippen LogP contribution in [-0.2, 0) is 5.41 Å². The Morgan fingerprint density at radius 3 is 1.83 bits per heavy atom. The fraction of sp³-hybridized carbons (Fsp3) is 0.208. The van der Waals surface area contributed by atoms with Crippen molar-refractivity contribution < 1.29 is 0 Å². The van der Waals surface area contributed by atoms with Crippen molar-refractivity contribution in [2.24, 2.45) is 23.7 Å². The van der Waals surface area contributed by atoms with E-state index >= 15 is 0 Å². The zero-order valence-corrected chi connectivity index (χ0v) is 28.8. The van der Waals surface area contributed by atoms with Crippen molar-refractivity contribution in [2.75, 3.05) is 0 Å². The average Bonchev–Trinajstić information content (AvgIpc) is 3.48. The molecule has 0 radical (unpaired) electrons. The number of hydrogen-bond donors (Lipinski definition) is 0. The maximum atomic E-state index is 9.34. The highest BCUT2D eigenvalue weighted by Crippen LogP contribution is 2.70. The zero-order chi connectivity index (χ0) is 34.4. The summed E-state index contributed by atoms with van der Waals surface area (Å²) >= 11 is 0. The minimum absolute atomic E-state index is 0.0334. The van der Waals surface area contributed by atoms with Crippen LogP contribution in [0, 0.1) is 35.0 Å². The van der Waals surface area contributed by atoms with Gasteiger partial charge in [0.1, 0.15) is 0 Å². The molecular weight excluding hydrogens is 633 g/mol. The third-order valence-electron chi connectivity index (χ3n) is 12.9. The zero-order valence-electron chi connectivity index (χ0n) is 28.8. The monoisotopic (exact) mass is 668 g/mol. The van der Waals surface area contributed by atoms with E-state index in [9.17, 15) is 5.26 Å². The van der Waals surface area contributed by atoms with Gasteiger partial charge >= 0.3 is 0 Å². The summed E-state index contributed by atoms with van der Waals surface area (Å²) in [5.74, 6) is 5.12. The van der Waals surface area contributed by atoms with Gasteiger partial charge in [-0.3, -0.25) is 0 Å². The van der Waals surface area contributed by atoms with Gasteiger partial charge in [-0.25, -0.2) is 15.0 Å². The molecule has 7 aromatic rings. The van der Waals surface area contributed by atoms with Crippen LogP contribution in [0.25, 0.3) is 67.2 Å². The smallest absolute Gasteiger partial charge is 0.164 e. The number of rotatable bonds is 4. The first-order chi connectivity index (χ1) is 25.7. The van der Waals surface area contributed by atoms with Crippen LogP contribution in [0.1, 0.15) is 48.8 Å². The predicted molar refractivity (Wildman–Crippen MR) is 207 cm³/mol. The van der Waals surface area contributed by atoms with Crippen molar-refractivity contribution in [1.29, 1.82) is 5.26 Å². The van der Waals surface area contributed by atoms with E-state index in [4.69, 9.17) is 15.0 Å². The highest BCUT2D eigenvalue weighted by molar-refractivity contribution is 5.98. The van der Waals surface area contributed by atoms with Crippen molar-refractivity contribution in [3.8, 4) is 62.5 Å². The summed E-state index contributed by atoms with van der Waals surface area (Å²) in [7, 11) is 0. The Morgan fingerprint density at radius 1 is 0.481 bits per heavy atom. The number of hydrogen-bond acceptors (Lipinski definition) is 4. The van der Waals surface area contributed by atoms with Gasteiger partial charge in [0, 0.05) is 22.1 Å². The molecule has 4 fully saturated rings. The molecule has 6 aromatic carbocycles. The molecule has 4 bridgehead atoms. The summed E-state index contributed by atoms with van der Waals surface area (Å²) < 4.78 is 0. The molecule has 0 saturated heterocycles. The molecule has 1 spiro atoms. The molecule has 1 aromatic heterocycles. The quantitative estimate of drug-likeness (QED) is 0.187. The van der Waals surface area contributed by atoms with Crippen LogP contribution in [0.4, 0.5) is 0 Å². The molecule has 1 heterocycles.